The van der Waals surface area contributed by atoms with E-state index in [1.54, 1.807) is 18.2 Å². The lowest BCUT2D eigenvalue weighted by molar-refractivity contribution is -0.135. The number of hydrogen-bond donors (Lipinski definition) is 3. The van der Waals surface area contributed by atoms with Gasteiger partial charge >= 0.3 is 5.97 Å². The third-order valence-electron chi connectivity index (χ3n) is 10.8. The van der Waals surface area contributed by atoms with Crippen molar-refractivity contribution in [2.45, 2.75) is 65.3 Å². The number of carbonyl (C=O) groups excluding carboxylic acids is 2. The number of aromatic amines is 1. The number of halogens is 2. The molecule has 2 unspecified atom stereocenters. The molecule has 2 amide bonds. The van der Waals surface area contributed by atoms with Crippen LogP contribution in [0.5, 0.6) is 5.75 Å². The molecule has 8 nitrogen and oxygen atoms in total. The average molecular weight is 707 g/mol. The van der Waals surface area contributed by atoms with E-state index in [1.807, 2.05) is 48.5 Å². The molecule has 3 aromatic carbocycles. The summed E-state index contributed by atoms with van der Waals surface area (Å²) in [6.07, 6.45) is 3.58. The zero-order chi connectivity index (χ0) is 32.8. The Hall–Kier alpha value is -3.82. The number of amides is 2. The molecule has 0 aliphatic heterocycles. The number of carboxylic acid groups (broad SMARTS) is 1. The number of ether oxygens (including phenoxy) is 1. The van der Waals surface area contributed by atoms with Gasteiger partial charge in [-0.05, 0) is 71.9 Å². The minimum absolute atomic E-state index is 0.0505. The first-order valence-corrected chi connectivity index (χ1v) is 16.6. The number of nitrogens with one attached hydrogen (secondary N) is 2. The van der Waals surface area contributed by atoms with Crippen molar-refractivity contribution in [1.29, 1.82) is 0 Å². The highest BCUT2D eigenvalue weighted by Gasteiger charge is 2.61. The van der Waals surface area contributed by atoms with Gasteiger partial charge in [0.25, 0.3) is 0 Å². The molecule has 240 valence electrons. The zero-order valence-corrected chi connectivity index (χ0v) is 28.3. The van der Waals surface area contributed by atoms with E-state index in [4.69, 9.17) is 16.3 Å². The Kier molecular flexibility index (Phi) is 8.67. The Morgan fingerprint density at radius 3 is 2.52 bits per heavy atom. The summed E-state index contributed by atoms with van der Waals surface area (Å²) in [6, 6.07) is 18.8. The van der Waals surface area contributed by atoms with Crippen LogP contribution in [-0.4, -0.2) is 39.3 Å². The number of aromatic nitrogens is 1. The number of nitrogens with zero attached hydrogens (tertiary/aromatic N) is 1. The van der Waals surface area contributed by atoms with Crippen LogP contribution >= 0.6 is 27.5 Å². The van der Waals surface area contributed by atoms with Crippen LogP contribution in [0.15, 0.2) is 71.2 Å². The fourth-order valence-corrected chi connectivity index (χ4v) is 8.20. The molecule has 2 bridgehead atoms. The Bertz CT molecular complexity index is 1810. The highest BCUT2D eigenvalue weighted by molar-refractivity contribution is 9.10. The molecule has 46 heavy (non-hydrogen) atoms. The summed E-state index contributed by atoms with van der Waals surface area (Å²) >= 11 is 9.78. The zero-order valence-electron chi connectivity index (χ0n) is 26.0. The number of carboxylic acids is 1. The van der Waals surface area contributed by atoms with E-state index in [0.717, 1.165) is 34.9 Å². The standard InChI is InChI=1S/C36H37BrClN3O5/c1-35(2)23-14-15-36(35,3)29(16-23)40-33(43)32(30-26-13-10-24(38)17-28(26)39-31(30)34(44)45)41(20-42)18-21-8-11-25(12-9-21)46-19-22-6-4-5-7-27(22)37/h4-13,17,20,23,29,32,39H,14-16,18-19H2,1-3H3,(H,40,43)(H,44,45)/t23-,29?,32?,36-/m0/s1. The van der Waals surface area contributed by atoms with Crippen LogP contribution in [0.1, 0.15) is 73.3 Å². The summed E-state index contributed by atoms with van der Waals surface area (Å²) in [6.45, 7) is 7.22. The molecule has 0 spiro atoms. The van der Waals surface area contributed by atoms with E-state index in [1.165, 1.54) is 4.90 Å². The molecule has 2 saturated carbocycles. The minimum atomic E-state index is -1.23. The quantitative estimate of drug-likeness (QED) is 0.137. The lowest BCUT2D eigenvalue weighted by Gasteiger charge is -2.40. The maximum Gasteiger partial charge on any atom is 0.352 e. The molecule has 6 rings (SSSR count). The van der Waals surface area contributed by atoms with Gasteiger partial charge in [-0.3, -0.25) is 9.59 Å². The molecule has 2 aliphatic rings. The van der Waals surface area contributed by atoms with Crippen molar-refractivity contribution in [1.82, 2.24) is 15.2 Å². The number of rotatable bonds is 11. The van der Waals surface area contributed by atoms with E-state index in [2.05, 4.69) is 47.0 Å². The van der Waals surface area contributed by atoms with Crippen LogP contribution in [-0.2, 0) is 22.7 Å². The number of benzene rings is 3. The molecular weight excluding hydrogens is 670 g/mol. The molecular formula is C36H37BrClN3O5. The van der Waals surface area contributed by atoms with E-state index in [0.29, 0.717) is 40.6 Å². The molecule has 3 N–H and O–H groups in total. The third kappa shape index (κ3) is 5.68. The Morgan fingerprint density at radius 2 is 1.89 bits per heavy atom. The number of carbonyl (C=O) groups is 3. The fraction of sp³-hybridized carbons (Fsp3) is 0.361. The van der Waals surface area contributed by atoms with Gasteiger partial charge in [-0.15, -0.1) is 0 Å². The summed E-state index contributed by atoms with van der Waals surface area (Å²) in [5, 5.41) is 14.5. The predicted molar refractivity (Wildman–Crippen MR) is 181 cm³/mol. The van der Waals surface area contributed by atoms with Gasteiger partial charge in [0, 0.05) is 44.1 Å². The SMILES string of the molecule is CC1(C)[C@H]2CC[C@@]1(C)C(NC(=O)C(c1c(C(=O)O)[nH]c3cc(Cl)ccc13)N(C=O)Cc1ccc(OCc3ccccc3Br)cc1)C2. The van der Waals surface area contributed by atoms with Crippen LogP contribution in [0.2, 0.25) is 5.02 Å². The Morgan fingerprint density at radius 1 is 1.15 bits per heavy atom. The number of fused-ring (bicyclic) bond motifs is 3. The summed E-state index contributed by atoms with van der Waals surface area (Å²) < 4.78 is 6.93. The maximum absolute atomic E-state index is 14.4. The molecule has 10 heteroatoms. The number of H-pyrrole nitrogens is 1. The summed E-state index contributed by atoms with van der Waals surface area (Å²) in [5.41, 5.74) is 2.25. The predicted octanol–water partition coefficient (Wildman–Crippen LogP) is 7.89. The molecule has 4 aromatic rings. The van der Waals surface area contributed by atoms with Crippen molar-refractivity contribution in [3.8, 4) is 5.75 Å². The second-order valence-electron chi connectivity index (χ2n) is 13.3. The molecule has 2 aliphatic carbocycles. The molecule has 0 saturated heterocycles. The van der Waals surface area contributed by atoms with Crippen molar-refractivity contribution in [2.75, 3.05) is 0 Å². The Balaban J connectivity index is 1.32. The number of aromatic carboxylic acids is 1. The van der Waals surface area contributed by atoms with Gasteiger partial charge in [0.05, 0.1) is 0 Å². The van der Waals surface area contributed by atoms with Crippen molar-refractivity contribution in [3.05, 3.63) is 98.6 Å². The first kappa shape index (κ1) is 32.1. The topological polar surface area (TPSA) is 112 Å². The fourth-order valence-electron chi connectivity index (χ4n) is 7.63. The smallest absolute Gasteiger partial charge is 0.352 e. The van der Waals surface area contributed by atoms with Gasteiger partial charge in [-0.2, -0.15) is 0 Å². The minimum Gasteiger partial charge on any atom is -0.489 e. The Labute approximate surface area is 281 Å². The van der Waals surface area contributed by atoms with Crippen LogP contribution in [0, 0.1) is 16.7 Å². The second-order valence-corrected chi connectivity index (χ2v) is 14.6. The molecule has 2 fully saturated rings. The van der Waals surface area contributed by atoms with Crippen molar-refractivity contribution < 1.29 is 24.2 Å². The van der Waals surface area contributed by atoms with Gasteiger partial charge in [0.1, 0.15) is 24.1 Å². The number of hydrogen-bond acceptors (Lipinski definition) is 4. The van der Waals surface area contributed by atoms with Crippen LogP contribution in [0.3, 0.4) is 0 Å². The summed E-state index contributed by atoms with van der Waals surface area (Å²) in [7, 11) is 0. The van der Waals surface area contributed by atoms with Crippen LogP contribution < -0.4 is 10.1 Å². The molecule has 4 atom stereocenters. The monoisotopic (exact) mass is 705 g/mol. The largest absolute Gasteiger partial charge is 0.489 e. The lowest BCUT2D eigenvalue weighted by atomic mass is 9.69. The normalized spacial score (nSPS) is 22.0. The molecule has 1 heterocycles. The maximum atomic E-state index is 14.4. The van der Waals surface area contributed by atoms with Crippen LogP contribution in [0.4, 0.5) is 0 Å². The first-order valence-electron chi connectivity index (χ1n) is 15.4. The summed E-state index contributed by atoms with van der Waals surface area (Å²) in [4.78, 5) is 44.2. The van der Waals surface area contributed by atoms with Gasteiger partial charge in [-0.25, -0.2) is 4.79 Å². The van der Waals surface area contributed by atoms with E-state index in [-0.39, 0.29) is 34.7 Å². The van der Waals surface area contributed by atoms with E-state index < -0.39 is 17.9 Å². The highest BCUT2D eigenvalue weighted by atomic mass is 79.9. The average Bonchev–Trinajstić information content (AvgIpc) is 3.56. The van der Waals surface area contributed by atoms with Crippen molar-refractivity contribution >= 4 is 56.7 Å². The van der Waals surface area contributed by atoms with Gasteiger partial charge < -0.3 is 25.0 Å². The highest BCUT2D eigenvalue weighted by Crippen LogP contribution is 2.65. The first-order chi connectivity index (χ1) is 21.9. The summed E-state index contributed by atoms with van der Waals surface area (Å²) in [5.74, 6) is -0.504. The molecule has 1 aromatic heterocycles. The van der Waals surface area contributed by atoms with Crippen molar-refractivity contribution in [3.63, 3.8) is 0 Å². The van der Waals surface area contributed by atoms with Crippen molar-refractivity contribution in [2.24, 2.45) is 16.7 Å². The van der Waals surface area contributed by atoms with Gasteiger partial charge in [0.2, 0.25) is 12.3 Å². The molecule has 0 radical (unpaired) electrons. The van der Waals surface area contributed by atoms with E-state index >= 15 is 0 Å². The van der Waals surface area contributed by atoms with Gasteiger partial charge in [-0.1, -0.05) is 84.7 Å². The second kappa shape index (κ2) is 12.4. The van der Waals surface area contributed by atoms with E-state index in [9.17, 15) is 19.5 Å². The lowest BCUT2D eigenvalue weighted by Crippen LogP contribution is -2.50. The van der Waals surface area contributed by atoms with Crippen LogP contribution in [0.25, 0.3) is 10.9 Å². The van der Waals surface area contributed by atoms with Gasteiger partial charge in [0.15, 0.2) is 0 Å². The third-order valence-corrected chi connectivity index (χ3v) is 11.8.